The van der Waals surface area contributed by atoms with Gasteiger partial charge < -0.3 is 21.3 Å². The van der Waals surface area contributed by atoms with Crippen LogP contribution in [0.5, 0.6) is 0 Å². The Bertz CT molecular complexity index is 819. The Labute approximate surface area is 264 Å². The van der Waals surface area contributed by atoms with E-state index in [-0.39, 0.29) is 31.3 Å². The lowest BCUT2D eigenvalue weighted by Gasteiger charge is -2.43. The Morgan fingerprint density at radius 1 is 0.605 bits per heavy atom. The van der Waals surface area contributed by atoms with Gasteiger partial charge in [-0.05, 0) is 17.5 Å². The number of aliphatic hydroxyl groups excluding tert-OH is 2. The van der Waals surface area contributed by atoms with Gasteiger partial charge >= 0.3 is 0 Å². The first-order valence-electron chi connectivity index (χ1n) is 17.8. The summed E-state index contributed by atoms with van der Waals surface area (Å²) in [7, 11) is 0. The molecule has 0 spiro atoms. The maximum atomic E-state index is 10.7. The highest BCUT2D eigenvalue weighted by molar-refractivity contribution is 5.24. The number of unbranched alkanes of at least 4 members (excludes halogenated alkanes) is 15. The molecule has 0 aromatic heterocycles. The summed E-state index contributed by atoms with van der Waals surface area (Å²) in [5, 5.41) is 25.0. The Morgan fingerprint density at radius 2 is 1.00 bits per heavy atom. The number of nitrogens with one attached hydrogen (secondary N) is 1. The van der Waals surface area contributed by atoms with Gasteiger partial charge in [-0.1, -0.05) is 170 Å². The molecular formula is C38H65N3O2. The van der Waals surface area contributed by atoms with Gasteiger partial charge in [0.2, 0.25) is 0 Å². The molecule has 0 aliphatic heterocycles. The van der Waals surface area contributed by atoms with E-state index in [2.05, 4.69) is 41.4 Å². The largest absolute Gasteiger partial charge is 0.394 e. The quantitative estimate of drug-likeness (QED) is 0.0744. The highest BCUT2D eigenvalue weighted by Gasteiger charge is 2.33. The van der Waals surface area contributed by atoms with Crippen LogP contribution in [0.4, 0.5) is 0 Å². The molecule has 0 amide bonds. The lowest BCUT2D eigenvalue weighted by molar-refractivity contribution is 0.0108. The van der Waals surface area contributed by atoms with Gasteiger partial charge in [-0.3, -0.25) is 4.90 Å². The number of hydrogen-bond donors (Lipinski definition) is 4. The van der Waals surface area contributed by atoms with E-state index in [9.17, 15) is 10.2 Å². The molecule has 0 bridgehead atoms. The van der Waals surface area contributed by atoms with Crippen LogP contribution in [0.2, 0.25) is 0 Å². The van der Waals surface area contributed by atoms with Crippen LogP contribution in [0.15, 0.2) is 60.7 Å². The molecule has 3 unspecified atom stereocenters. The van der Waals surface area contributed by atoms with Crippen molar-refractivity contribution in [1.82, 2.24) is 10.2 Å². The first kappa shape index (κ1) is 37.4. The zero-order valence-corrected chi connectivity index (χ0v) is 27.5. The molecule has 244 valence electrons. The van der Waals surface area contributed by atoms with Gasteiger partial charge in [-0.15, -0.1) is 0 Å². The van der Waals surface area contributed by atoms with Gasteiger partial charge in [-0.2, -0.15) is 0 Å². The Kier molecular flexibility index (Phi) is 22.2. The van der Waals surface area contributed by atoms with E-state index in [0.29, 0.717) is 6.54 Å². The molecule has 0 radical (unpaired) electrons. The summed E-state index contributed by atoms with van der Waals surface area (Å²) in [6, 6.07) is 20.3. The summed E-state index contributed by atoms with van der Waals surface area (Å²) >= 11 is 0. The number of benzene rings is 2. The molecule has 0 aliphatic rings. The van der Waals surface area contributed by atoms with Crippen molar-refractivity contribution in [3.63, 3.8) is 0 Å². The van der Waals surface area contributed by atoms with E-state index in [4.69, 9.17) is 5.73 Å². The van der Waals surface area contributed by atoms with Crippen molar-refractivity contribution in [1.29, 1.82) is 0 Å². The maximum Gasteiger partial charge on any atom is 0.0628 e. The van der Waals surface area contributed by atoms with Crippen LogP contribution < -0.4 is 11.1 Å². The van der Waals surface area contributed by atoms with Crippen molar-refractivity contribution >= 4 is 0 Å². The molecule has 5 nitrogen and oxygen atoms in total. The molecule has 5 N–H and O–H groups in total. The van der Waals surface area contributed by atoms with Crippen LogP contribution in [-0.4, -0.2) is 54.0 Å². The molecule has 0 aliphatic carbocycles. The molecule has 0 saturated heterocycles. The van der Waals surface area contributed by atoms with Crippen molar-refractivity contribution in [3.05, 3.63) is 71.8 Å². The van der Waals surface area contributed by atoms with Gasteiger partial charge in [0, 0.05) is 25.7 Å². The summed E-state index contributed by atoms with van der Waals surface area (Å²) in [4.78, 5) is 2.37. The minimum absolute atomic E-state index is 0.000303. The van der Waals surface area contributed by atoms with Crippen molar-refractivity contribution in [3.8, 4) is 0 Å². The normalized spacial score (nSPS) is 13.8. The van der Waals surface area contributed by atoms with E-state index in [1.807, 2.05) is 36.4 Å². The SMILES string of the molecule is CCCCCCCCCCCCCCCCCCC(CNCCN)N(C(CO)c1ccccc1)C(CO)c1ccccc1. The van der Waals surface area contributed by atoms with Gasteiger partial charge in [0.25, 0.3) is 0 Å². The third kappa shape index (κ3) is 15.7. The minimum atomic E-state index is -0.204. The smallest absolute Gasteiger partial charge is 0.0628 e. The van der Waals surface area contributed by atoms with Gasteiger partial charge in [-0.25, -0.2) is 0 Å². The first-order chi connectivity index (χ1) is 21.3. The fourth-order valence-corrected chi connectivity index (χ4v) is 6.48. The topological polar surface area (TPSA) is 81.8 Å². The Hall–Kier alpha value is -1.76. The summed E-state index contributed by atoms with van der Waals surface area (Å²) < 4.78 is 0. The fourth-order valence-electron chi connectivity index (χ4n) is 6.48. The maximum absolute atomic E-state index is 10.7. The molecule has 0 saturated carbocycles. The standard InChI is InChI=1S/C38H65N3O2/c1-2-3-4-5-6-7-8-9-10-11-12-13-14-15-16-23-28-36(31-40-30-29-39)41(37(32-42)34-24-19-17-20-25-34)38(33-43)35-26-21-18-22-27-35/h17-22,24-27,36-38,40,42-43H,2-16,23,28-33,39H2,1H3. The summed E-state index contributed by atoms with van der Waals surface area (Å²) in [5.74, 6) is 0. The van der Waals surface area contributed by atoms with Crippen LogP contribution in [0.25, 0.3) is 0 Å². The van der Waals surface area contributed by atoms with Crippen LogP contribution >= 0.6 is 0 Å². The van der Waals surface area contributed by atoms with E-state index < -0.39 is 0 Å². The third-order valence-electron chi connectivity index (χ3n) is 8.95. The molecule has 3 atom stereocenters. The molecule has 43 heavy (non-hydrogen) atoms. The Morgan fingerprint density at radius 3 is 1.37 bits per heavy atom. The molecule has 0 fully saturated rings. The van der Waals surface area contributed by atoms with E-state index in [0.717, 1.165) is 37.1 Å². The third-order valence-corrected chi connectivity index (χ3v) is 8.95. The van der Waals surface area contributed by atoms with Crippen LogP contribution in [0.1, 0.15) is 139 Å². The van der Waals surface area contributed by atoms with Gasteiger partial charge in [0.05, 0.1) is 25.3 Å². The predicted octanol–water partition coefficient (Wildman–Crippen LogP) is 8.32. The number of nitrogens with two attached hydrogens (primary N) is 1. The van der Waals surface area contributed by atoms with Crippen LogP contribution in [0, 0.1) is 0 Å². The minimum Gasteiger partial charge on any atom is -0.394 e. The number of rotatable bonds is 28. The second-order valence-electron chi connectivity index (χ2n) is 12.4. The predicted molar refractivity (Wildman–Crippen MR) is 184 cm³/mol. The monoisotopic (exact) mass is 596 g/mol. The zero-order valence-electron chi connectivity index (χ0n) is 27.5. The number of aliphatic hydroxyl groups is 2. The fraction of sp³-hybridized carbons (Fsp3) is 0.684. The molecule has 2 rings (SSSR count). The molecule has 0 heterocycles. The summed E-state index contributed by atoms with van der Waals surface area (Å²) in [6.45, 7) is 4.42. The van der Waals surface area contributed by atoms with Crippen LogP contribution in [0.3, 0.4) is 0 Å². The van der Waals surface area contributed by atoms with Crippen molar-refractivity contribution < 1.29 is 10.2 Å². The highest BCUT2D eigenvalue weighted by atomic mass is 16.3. The van der Waals surface area contributed by atoms with Crippen molar-refractivity contribution in [2.75, 3.05) is 32.8 Å². The van der Waals surface area contributed by atoms with Crippen molar-refractivity contribution in [2.45, 2.75) is 134 Å². The molecule has 5 heteroatoms. The van der Waals surface area contributed by atoms with Crippen molar-refractivity contribution in [2.24, 2.45) is 5.73 Å². The summed E-state index contributed by atoms with van der Waals surface area (Å²) in [5.41, 5.74) is 7.99. The number of nitrogens with zero attached hydrogens (tertiary/aromatic N) is 1. The van der Waals surface area contributed by atoms with Crippen LogP contribution in [-0.2, 0) is 0 Å². The van der Waals surface area contributed by atoms with E-state index in [1.165, 1.54) is 96.3 Å². The van der Waals surface area contributed by atoms with Gasteiger partial charge in [0.15, 0.2) is 0 Å². The van der Waals surface area contributed by atoms with E-state index >= 15 is 0 Å². The molecule has 2 aromatic rings. The first-order valence-corrected chi connectivity index (χ1v) is 17.8. The van der Waals surface area contributed by atoms with E-state index in [1.54, 1.807) is 0 Å². The average molecular weight is 596 g/mol. The Balaban J connectivity index is 1.87. The molecule has 2 aromatic carbocycles. The van der Waals surface area contributed by atoms with Gasteiger partial charge in [0.1, 0.15) is 0 Å². The number of hydrogen-bond acceptors (Lipinski definition) is 5. The second kappa shape index (κ2) is 25.6. The zero-order chi connectivity index (χ0) is 30.8. The molecular weight excluding hydrogens is 530 g/mol. The summed E-state index contributed by atoms with van der Waals surface area (Å²) in [6.07, 6.45) is 22.8. The average Bonchev–Trinajstić information content (AvgIpc) is 3.05. The lowest BCUT2D eigenvalue weighted by Crippen LogP contribution is -2.48. The lowest BCUT2D eigenvalue weighted by atomic mass is 9.94. The highest BCUT2D eigenvalue weighted by Crippen LogP contribution is 2.34. The second-order valence-corrected chi connectivity index (χ2v) is 12.4.